The summed E-state index contributed by atoms with van der Waals surface area (Å²) in [6.07, 6.45) is 0.989. The molecule has 2 atom stereocenters. The molecule has 2 aromatic carbocycles. The molecule has 2 aromatic heterocycles. The number of likely N-dealkylation sites (N-methyl/N-ethyl adjacent to an activating group) is 1. The maximum absolute atomic E-state index is 14.0. The van der Waals surface area contributed by atoms with Crippen LogP contribution in [-0.2, 0) is 0 Å². The fraction of sp³-hybridized carbons (Fsp3) is 0.308. The average molecular weight is 477 g/mol. The molecule has 7 heteroatoms. The zero-order chi connectivity index (χ0) is 22.9. The molecule has 33 heavy (non-hydrogen) atoms. The summed E-state index contributed by atoms with van der Waals surface area (Å²) in [5.74, 6) is 0.462. The number of carbonyl (C=O) groups excluding carboxylic acids is 1. The summed E-state index contributed by atoms with van der Waals surface area (Å²) in [5, 5.41) is 6.44. The van der Waals surface area contributed by atoms with Gasteiger partial charge in [0.2, 0.25) is 0 Å². The van der Waals surface area contributed by atoms with Gasteiger partial charge >= 0.3 is 0 Å². The number of aryl methyl sites for hydroxylation is 2. The number of aromatic nitrogens is 2. The van der Waals surface area contributed by atoms with Gasteiger partial charge in [-0.25, -0.2) is 4.68 Å². The molecule has 1 amide bonds. The van der Waals surface area contributed by atoms with E-state index in [4.69, 9.17) is 16.7 Å². The third-order valence-electron chi connectivity index (χ3n) is 7.00. The number of rotatable bonds is 2. The van der Waals surface area contributed by atoms with Crippen molar-refractivity contribution in [2.75, 3.05) is 25.0 Å². The highest BCUT2D eigenvalue weighted by Crippen LogP contribution is 2.46. The van der Waals surface area contributed by atoms with E-state index in [1.165, 1.54) is 22.5 Å². The summed E-state index contributed by atoms with van der Waals surface area (Å²) in [4.78, 5) is 20.2. The second kappa shape index (κ2) is 7.69. The molecule has 0 spiro atoms. The molecular weight excluding hydrogens is 452 g/mol. The van der Waals surface area contributed by atoms with E-state index in [0.29, 0.717) is 10.9 Å². The predicted molar refractivity (Wildman–Crippen MR) is 135 cm³/mol. The number of hydrogen-bond donors (Lipinski definition) is 0. The number of nitrogens with zero attached hydrogens (tertiary/aromatic N) is 4. The average Bonchev–Trinajstić information content (AvgIpc) is 3.45. The Hall–Kier alpha value is -2.67. The zero-order valence-electron chi connectivity index (χ0n) is 18.9. The van der Waals surface area contributed by atoms with E-state index < -0.39 is 0 Å². The van der Waals surface area contributed by atoms with E-state index in [0.717, 1.165) is 51.7 Å². The Morgan fingerprint density at radius 3 is 2.70 bits per heavy atom. The van der Waals surface area contributed by atoms with Crippen molar-refractivity contribution >= 4 is 44.7 Å². The molecule has 1 saturated heterocycles. The van der Waals surface area contributed by atoms with Gasteiger partial charge in [0.1, 0.15) is 4.83 Å². The molecule has 168 valence electrons. The van der Waals surface area contributed by atoms with Gasteiger partial charge in [-0.05, 0) is 75.8 Å². The number of likely N-dealkylation sites (tertiary alicyclic amines) is 1. The van der Waals surface area contributed by atoms with Gasteiger partial charge in [-0.1, -0.05) is 29.3 Å². The van der Waals surface area contributed by atoms with Gasteiger partial charge in [0.15, 0.2) is 0 Å². The molecule has 0 aliphatic carbocycles. The van der Waals surface area contributed by atoms with E-state index >= 15 is 0 Å². The van der Waals surface area contributed by atoms with Crippen molar-refractivity contribution in [1.82, 2.24) is 14.7 Å². The smallest absolute Gasteiger partial charge is 0.268 e. The second-order valence-corrected chi connectivity index (χ2v) is 10.7. The molecule has 5 nitrogen and oxygen atoms in total. The van der Waals surface area contributed by atoms with Crippen molar-refractivity contribution in [2.45, 2.75) is 32.2 Å². The lowest BCUT2D eigenvalue weighted by molar-refractivity contribution is 0.0968. The quantitative estimate of drug-likeness (QED) is 0.367. The maximum Gasteiger partial charge on any atom is 0.268 e. The largest absolute Gasteiger partial charge is 0.306 e. The Morgan fingerprint density at radius 1 is 1.12 bits per heavy atom. The van der Waals surface area contributed by atoms with E-state index in [1.807, 2.05) is 41.9 Å². The van der Waals surface area contributed by atoms with Crippen molar-refractivity contribution < 1.29 is 4.79 Å². The second-order valence-electron chi connectivity index (χ2n) is 9.27. The van der Waals surface area contributed by atoms with Crippen LogP contribution in [0.1, 0.15) is 38.8 Å². The maximum atomic E-state index is 14.0. The van der Waals surface area contributed by atoms with Crippen molar-refractivity contribution in [2.24, 2.45) is 0 Å². The lowest BCUT2D eigenvalue weighted by atomic mass is 9.89. The molecule has 0 radical (unpaired) electrons. The topological polar surface area (TPSA) is 41.4 Å². The molecule has 1 fully saturated rings. The van der Waals surface area contributed by atoms with Gasteiger partial charge in [-0.3, -0.25) is 4.79 Å². The van der Waals surface area contributed by atoms with Crippen LogP contribution in [0.5, 0.6) is 0 Å². The van der Waals surface area contributed by atoms with Crippen molar-refractivity contribution in [3.05, 3.63) is 75.3 Å². The van der Waals surface area contributed by atoms with Crippen LogP contribution in [0, 0.1) is 13.8 Å². The van der Waals surface area contributed by atoms with Crippen LogP contribution in [0.3, 0.4) is 0 Å². The Kier molecular flexibility index (Phi) is 4.87. The molecule has 0 saturated carbocycles. The van der Waals surface area contributed by atoms with Crippen LogP contribution in [-0.4, -0.2) is 46.8 Å². The number of amides is 1. The number of carbonyl (C=O) groups is 1. The molecule has 2 unspecified atom stereocenters. The summed E-state index contributed by atoms with van der Waals surface area (Å²) < 4.78 is 1.92. The van der Waals surface area contributed by atoms with Crippen LogP contribution in [0.4, 0.5) is 5.69 Å². The zero-order valence-corrected chi connectivity index (χ0v) is 20.5. The number of hydrogen-bond acceptors (Lipinski definition) is 4. The number of halogens is 1. The van der Waals surface area contributed by atoms with Gasteiger partial charge in [0, 0.05) is 34.6 Å². The van der Waals surface area contributed by atoms with Crippen molar-refractivity contribution in [1.29, 1.82) is 0 Å². The van der Waals surface area contributed by atoms with Gasteiger partial charge < -0.3 is 9.80 Å². The van der Waals surface area contributed by atoms with Crippen LogP contribution < -0.4 is 4.90 Å². The summed E-state index contributed by atoms with van der Waals surface area (Å²) in [6, 6.07) is 16.4. The Morgan fingerprint density at radius 2 is 1.91 bits per heavy atom. The normalized spacial score (nSPS) is 20.3. The molecule has 0 N–H and O–H groups in total. The molecule has 4 aromatic rings. The first-order valence-corrected chi connectivity index (χ1v) is 12.5. The van der Waals surface area contributed by atoms with Gasteiger partial charge in [0.05, 0.1) is 16.3 Å². The molecular formula is C26H25ClN4OS. The first kappa shape index (κ1) is 20.9. The monoisotopic (exact) mass is 476 g/mol. The lowest BCUT2D eigenvalue weighted by Gasteiger charge is -2.36. The first-order chi connectivity index (χ1) is 15.9. The van der Waals surface area contributed by atoms with E-state index in [1.54, 1.807) is 0 Å². The number of fused-ring (bicyclic) bond motifs is 4. The summed E-state index contributed by atoms with van der Waals surface area (Å²) >= 11 is 7.60. The first-order valence-electron chi connectivity index (χ1n) is 11.3. The van der Waals surface area contributed by atoms with Crippen LogP contribution in [0.15, 0.2) is 48.5 Å². The molecule has 2 aliphatic heterocycles. The van der Waals surface area contributed by atoms with Gasteiger partial charge in [0.25, 0.3) is 5.91 Å². The van der Waals surface area contributed by atoms with Gasteiger partial charge in [-0.2, -0.15) is 5.10 Å². The number of anilines is 1. The Balaban J connectivity index is 1.43. The van der Waals surface area contributed by atoms with E-state index in [2.05, 4.69) is 42.0 Å². The number of piperidine rings is 1. The molecule has 2 aliphatic rings. The fourth-order valence-corrected chi connectivity index (χ4v) is 6.62. The molecule has 6 rings (SSSR count). The highest BCUT2D eigenvalue weighted by Gasteiger charge is 2.44. The van der Waals surface area contributed by atoms with Gasteiger partial charge in [-0.15, -0.1) is 11.3 Å². The third-order valence-corrected chi connectivity index (χ3v) is 8.35. The predicted octanol–water partition coefficient (Wildman–Crippen LogP) is 5.81. The molecule has 0 bridgehead atoms. The standard InChI is InChI=1S/C26H25ClN4OS/c1-15-4-9-22-20(12-15)21-14-29(3)11-10-23(21)30(22)25(32)24-13-19-16(2)28-31(26(19)33-24)18-7-5-17(27)6-8-18/h4-9,12-13,21,23H,10-11,14H2,1-3H3. The van der Waals surface area contributed by atoms with E-state index in [9.17, 15) is 4.79 Å². The van der Waals surface area contributed by atoms with Crippen molar-refractivity contribution in [3.8, 4) is 5.69 Å². The minimum absolute atomic E-state index is 0.0976. The summed E-state index contributed by atoms with van der Waals surface area (Å²) in [7, 11) is 2.17. The summed E-state index contributed by atoms with van der Waals surface area (Å²) in [5.41, 5.74) is 5.49. The minimum atomic E-state index is 0.0976. The lowest BCUT2D eigenvalue weighted by Crippen LogP contribution is -2.47. The van der Waals surface area contributed by atoms with Crippen molar-refractivity contribution in [3.63, 3.8) is 0 Å². The van der Waals surface area contributed by atoms with Crippen LogP contribution in [0.2, 0.25) is 5.02 Å². The van der Waals surface area contributed by atoms with E-state index in [-0.39, 0.29) is 11.9 Å². The fourth-order valence-electron chi connectivity index (χ4n) is 5.37. The number of benzene rings is 2. The third kappa shape index (κ3) is 3.31. The van der Waals surface area contributed by atoms with Crippen LogP contribution >= 0.6 is 22.9 Å². The number of thiophene rings is 1. The van der Waals surface area contributed by atoms with Crippen LogP contribution in [0.25, 0.3) is 15.9 Å². The Labute approximate surface area is 202 Å². The Bertz CT molecular complexity index is 1390. The minimum Gasteiger partial charge on any atom is -0.306 e. The highest BCUT2D eigenvalue weighted by atomic mass is 35.5. The SMILES string of the molecule is Cc1ccc2c(c1)C1CN(C)CCC1N2C(=O)c1cc2c(C)nn(-c3ccc(Cl)cc3)c2s1. The highest BCUT2D eigenvalue weighted by molar-refractivity contribution is 7.20. The summed E-state index contributed by atoms with van der Waals surface area (Å²) in [6.45, 7) is 6.12. The molecule has 4 heterocycles.